The predicted molar refractivity (Wildman–Crippen MR) is 53.9 cm³/mol. The number of rotatable bonds is 5. The Morgan fingerprint density at radius 2 is 2.33 bits per heavy atom. The third-order valence-electron chi connectivity index (χ3n) is 1.50. The van der Waals surface area contributed by atoms with Gasteiger partial charge < -0.3 is 9.84 Å². The maximum absolute atomic E-state index is 11.2. The van der Waals surface area contributed by atoms with E-state index in [0.717, 1.165) is 16.4 Å². The van der Waals surface area contributed by atoms with Gasteiger partial charge in [0, 0.05) is 0 Å². The fourth-order valence-electron chi connectivity index (χ4n) is 0.852. The van der Waals surface area contributed by atoms with E-state index >= 15 is 0 Å². The number of aliphatic hydroxyl groups is 1. The largest absolute Gasteiger partial charge is 0.394 e. The van der Waals surface area contributed by atoms with Gasteiger partial charge in [0.25, 0.3) is 5.56 Å². The Morgan fingerprint density at radius 3 is 2.93 bits per heavy atom. The van der Waals surface area contributed by atoms with Crippen molar-refractivity contribution < 1.29 is 9.84 Å². The summed E-state index contributed by atoms with van der Waals surface area (Å²) in [6.07, 6.45) is 1.68. The summed E-state index contributed by atoms with van der Waals surface area (Å²) < 4.78 is 5.90. The van der Waals surface area contributed by atoms with Crippen LogP contribution in [-0.4, -0.2) is 39.3 Å². The second kappa shape index (κ2) is 5.69. The van der Waals surface area contributed by atoms with E-state index in [4.69, 9.17) is 9.84 Å². The van der Waals surface area contributed by atoms with E-state index in [-0.39, 0.29) is 25.0 Å². The van der Waals surface area contributed by atoms with Gasteiger partial charge in [-0.15, -0.1) is 11.8 Å². The van der Waals surface area contributed by atoms with Gasteiger partial charge in [0.15, 0.2) is 5.03 Å². The van der Waals surface area contributed by atoms with Crippen LogP contribution < -0.4 is 11.2 Å². The van der Waals surface area contributed by atoms with Gasteiger partial charge in [-0.1, -0.05) is 0 Å². The van der Waals surface area contributed by atoms with Crippen LogP contribution in [0.15, 0.2) is 14.6 Å². The van der Waals surface area contributed by atoms with E-state index in [1.165, 1.54) is 0 Å². The molecule has 1 heterocycles. The molecule has 1 aromatic heterocycles. The number of H-pyrrole nitrogens is 1. The highest BCUT2D eigenvalue weighted by Gasteiger charge is 2.04. The van der Waals surface area contributed by atoms with Crippen molar-refractivity contribution in [2.45, 2.75) is 11.8 Å². The van der Waals surface area contributed by atoms with Gasteiger partial charge in [0.1, 0.15) is 6.73 Å². The van der Waals surface area contributed by atoms with Crippen LogP contribution in [0.4, 0.5) is 0 Å². The molecule has 0 amide bonds. The van der Waals surface area contributed by atoms with Crippen molar-refractivity contribution in [2.75, 3.05) is 19.5 Å². The second-order valence-electron chi connectivity index (χ2n) is 2.53. The van der Waals surface area contributed by atoms with Crippen molar-refractivity contribution in [3.8, 4) is 0 Å². The number of aromatic amines is 1. The minimum Gasteiger partial charge on any atom is -0.394 e. The number of nitrogens with zero attached hydrogens (tertiary/aromatic N) is 2. The molecule has 1 rings (SSSR count). The quantitative estimate of drug-likeness (QED) is 0.480. The van der Waals surface area contributed by atoms with E-state index in [9.17, 15) is 9.59 Å². The van der Waals surface area contributed by atoms with Crippen molar-refractivity contribution in [2.24, 2.45) is 0 Å². The Morgan fingerprint density at radius 1 is 1.60 bits per heavy atom. The fourth-order valence-corrected chi connectivity index (χ4v) is 1.27. The molecule has 7 nitrogen and oxygen atoms in total. The predicted octanol–water partition coefficient (Wildman–Crippen LogP) is -1.38. The van der Waals surface area contributed by atoms with Gasteiger partial charge in [0.05, 0.1) is 13.2 Å². The van der Waals surface area contributed by atoms with E-state index in [0.29, 0.717) is 0 Å². The Hall–Kier alpha value is -1.12. The molecule has 1 aromatic rings. The summed E-state index contributed by atoms with van der Waals surface area (Å²) in [4.78, 5) is 24.4. The first kappa shape index (κ1) is 12.0. The van der Waals surface area contributed by atoms with E-state index in [1.54, 1.807) is 6.26 Å². The lowest BCUT2D eigenvalue weighted by atomic mass is 10.8. The molecule has 0 unspecified atom stereocenters. The van der Waals surface area contributed by atoms with Gasteiger partial charge in [-0.3, -0.25) is 9.78 Å². The molecular weight excluding hydrogens is 222 g/mol. The molecule has 0 aliphatic rings. The lowest BCUT2D eigenvalue weighted by Crippen LogP contribution is -2.34. The SMILES string of the molecule is CSc1nn(COCCO)c(=O)[nH]c1=O. The Bertz CT molecular complexity index is 427. The van der Waals surface area contributed by atoms with Gasteiger partial charge in [0.2, 0.25) is 0 Å². The number of aliphatic hydroxyl groups excluding tert-OH is 1. The minimum atomic E-state index is -0.629. The summed E-state index contributed by atoms with van der Waals surface area (Å²) in [6.45, 7) is -0.112. The topological polar surface area (TPSA) is 97.2 Å². The van der Waals surface area contributed by atoms with E-state index in [1.807, 2.05) is 0 Å². The first-order valence-electron chi connectivity index (χ1n) is 4.13. The molecule has 0 saturated carbocycles. The van der Waals surface area contributed by atoms with Gasteiger partial charge in [-0.05, 0) is 6.26 Å². The van der Waals surface area contributed by atoms with Gasteiger partial charge in [-0.25, -0.2) is 4.79 Å². The average molecular weight is 233 g/mol. The molecular formula is C7H11N3O4S. The van der Waals surface area contributed by atoms with Crippen LogP contribution in [0, 0.1) is 0 Å². The number of hydrogen-bond donors (Lipinski definition) is 2. The van der Waals surface area contributed by atoms with Crippen LogP contribution in [-0.2, 0) is 11.5 Å². The van der Waals surface area contributed by atoms with Crippen molar-refractivity contribution in [3.63, 3.8) is 0 Å². The molecule has 0 saturated heterocycles. The smallest absolute Gasteiger partial charge is 0.347 e. The lowest BCUT2D eigenvalue weighted by Gasteiger charge is -2.04. The maximum Gasteiger partial charge on any atom is 0.347 e. The van der Waals surface area contributed by atoms with Gasteiger partial charge >= 0.3 is 5.69 Å². The van der Waals surface area contributed by atoms with Crippen LogP contribution >= 0.6 is 11.8 Å². The first-order chi connectivity index (χ1) is 7.19. The zero-order valence-corrected chi connectivity index (χ0v) is 8.91. The molecule has 0 aliphatic carbocycles. The molecule has 0 spiro atoms. The Kier molecular flexibility index (Phi) is 4.53. The number of thioether (sulfide) groups is 1. The van der Waals surface area contributed by atoms with E-state index in [2.05, 4.69) is 10.1 Å². The van der Waals surface area contributed by atoms with Crippen LogP contribution in [0.25, 0.3) is 0 Å². The average Bonchev–Trinajstić information content (AvgIpc) is 2.21. The van der Waals surface area contributed by atoms with Crippen molar-refractivity contribution in [1.29, 1.82) is 0 Å². The zero-order valence-electron chi connectivity index (χ0n) is 8.10. The highest BCUT2D eigenvalue weighted by Crippen LogP contribution is 2.00. The zero-order chi connectivity index (χ0) is 11.3. The van der Waals surface area contributed by atoms with Crippen molar-refractivity contribution in [1.82, 2.24) is 14.8 Å². The second-order valence-corrected chi connectivity index (χ2v) is 3.32. The summed E-state index contributed by atoms with van der Waals surface area (Å²) in [6, 6.07) is 0. The molecule has 0 aliphatic heterocycles. The monoisotopic (exact) mass is 233 g/mol. The highest BCUT2D eigenvalue weighted by atomic mass is 32.2. The van der Waals surface area contributed by atoms with Gasteiger partial charge in [-0.2, -0.15) is 9.78 Å². The molecule has 84 valence electrons. The van der Waals surface area contributed by atoms with Crippen molar-refractivity contribution >= 4 is 11.8 Å². The summed E-state index contributed by atoms with van der Waals surface area (Å²) in [5, 5.41) is 12.4. The molecule has 0 aromatic carbocycles. The van der Waals surface area contributed by atoms with E-state index < -0.39 is 11.2 Å². The molecule has 0 atom stereocenters. The summed E-state index contributed by atoms with van der Waals surface area (Å²) in [7, 11) is 0. The summed E-state index contributed by atoms with van der Waals surface area (Å²) >= 11 is 1.14. The third-order valence-corrected chi connectivity index (χ3v) is 2.16. The molecule has 15 heavy (non-hydrogen) atoms. The maximum atomic E-state index is 11.2. The number of hydrogen-bond acceptors (Lipinski definition) is 6. The highest BCUT2D eigenvalue weighted by molar-refractivity contribution is 7.98. The molecule has 0 bridgehead atoms. The number of ether oxygens (including phenoxy) is 1. The Labute approximate surface area is 89.1 Å². The lowest BCUT2D eigenvalue weighted by molar-refractivity contribution is 0.0372. The normalized spacial score (nSPS) is 10.5. The molecule has 2 N–H and O–H groups in total. The molecule has 0 radical (unpaired) electrons. The van der Waals surface area contributed by atoms with Crippen LogP contribution in [0.5, 0.6) is 0 Å². The first-order valence-corrected chi connectivity index (χ1v) is 5.35. The third kappa shape index (κ3) is 3.18. The Balaban J connectivity index is 2.88. The number of nitrogens with one attached hydrogen (secondary N) is 1. The van der Waals surface area contributed by atoms with Crippen LogP contribution in [0.3, 0.4) is 0 Å². The van der Waals surface area contributed by atoms with Crippen LogP contribution in [0.1, 0.15) is 0 Å². The fraction of sp³-hybridized carbons (Fsp3) is 0.571. The summed E-state index contributed by atoms with van der Waals surface area (Å²) in [5.74, 6) is 0. The minimum absolute atomic E-state index is 0.0935. The standard InChI is InChI=1S/C7H11N3O4S/c1-15-6-5(12)8-7(13)10(9-6)4-14-3-2-11/h11H,2-4H2,1H3,(H,8,12,13). The number of aromatic nitrogens is 3. The molecule has 8 heteroatoms. The van der Waals surface area contributed by atoms with Crippen LogP contribution in [0.2, 0.25) is 0 Å². The van der Waals surface area contributed by atoms with Crippen molar-refractivity contribution in [3.05, 3.63) is 20.8 Å². The molecule has 0 fully saturated rings. The summed E-state index contributed by atoms with van der Waals surface area (Å²) in [5.41, 5.74) is -1.14.